The Balaban J connectivity index is 1.65. The van der Waals surface area contributed by atoms with Crippen molar-refractivity contribution in [2.24, 2.45) is 0 Å². The summed E-state index contributed by atoms with van der Waals surface area (Å²) in [6.45, 7) is 8.29. The van der Waals surface area contributed by atoms with Crippen LogP contribution in [0.4, 0.5) is 0 Å². The van der Waals surface area contributed by atoms with E-state index < -0.39 is 0 Å². The molecular weight excluding hydrogens is 344 g/mol. The van der Waals surface area contributed by atoms with Gasteiger partial charge < -0.3 is 4.90 Å². The van der Waals surface area contributed by atoms with Crippen molar-refractivity contribution in [3.8, 4) is 0 Å². The number of aromatic nitrogens is 4. The van der Waals surface area contributed by atoms with E-state index in [1.54, 1.807) is 11.3 Å². The summed E-state index contributed by atoms with van der Waals surface area (Å²) < 4.78 is 1.95. The second-order valence-corrected chi connectivity index (χ2v) is 7.59. The first-order valence-corrected chi connectivity index (χ1v) is 10.0. The van der Waals surface area contributed by atoms with Crippen molar-refractivity contribution in [3.05, 3.63) is 64.1 Å². The van der Waals surface area contributed by atoms with Gasteiger partial charge in [-0.05, 0) is 34.0 Å². The van der Waals surface area contributed by atoms with E-state index in [1.807, 2.05) is 4.68 Å². The molecule has 3 heterocycles. The second-order valence-electron chi connectivity index (χ2n) is 6.56. The summed E-state index contributed by atoms with van der Waals surface area (Å²) >= 11 is 1.74. The van der Waals surface area contributed by atoms with Gasteiger partial charge in [-0.2, -0.15) is 0 Å². The molecule has 1 aromatic carbocycles. The highest BCUT2D eigenvalue weighted by atomic mass is 32.1. The van der Waals surface area contributed by atoms with Gasteiger partial charge >= 0.3 is 0 Å². The van der Waals surface area contributed by atoms with Crippen molar-refractivity contribution in [1.82, 2.24) is 30.0 Å². The van der Waals surface area contributed by atoms with Gasteiger partial charge in [-0.15, -0.1) is 16.4 Å². The SMILES string of the molecule is CCN1CCN([C@@H](c2ccccc2)c2nnnn2Cc2cccs2)CC1. The smallest absolute Gasteiger partial charge is 0.173 e. The average molecular weight is 369 g/mol. The Morgan fingerprint density at radius 1 is 1.04 bits per heavy atom. The minimum Gasteiger partial charge on any atom is -0.301 e. The lowest BCUT2D eigenvalue weighted by Crippen LogP contribution is -2.48. The Bertz CT molecular complexity index is 793. The zero-order valence-corrected chi connectivity index (χ0v) is 15.8. The maximum absolute atomic E-state index is 4.44. The minimum absolute atomic E-state index is 0.0881. The lowest BCUT2D eigenvalue weighted by atomic mass is 10.0. The number of thiophene rings is 1. The molecule has 26 heavy (non-hydrogen) atoms. The van der Waals surface area contributed by atoms with Crippen LogP contribution >= 0.6 is 11.3 Å². The molecule has 2 aromatic heterocycles. The van der Waals surface area contributed by atoms with Crippen LogP contribution in [0.25, 0.3) is 0 Å². The van der Waals surface area contributed by atoms with Crippen LogP contribution in [0.1, 0.15) is 29.2 Å². The van der Waals surface area contributed by atoms with E-state index in [0.717, 1.165) is 45.1 Å². The van der Waals surface area contributed by atoms with E-state index >= 15 is 0 Å². The fourth-order valence-electron chi connectivity index (χ4n) is 3.57. The van der Waals surface area contributed by atoms with Crippen molar-refractivity contribution in [2.45, 2.75) is 19.5 Å². The van der Waals surface area contributed by atoms with Crippen LogP contribution < -0.4 is 0 Å². The fourth-order valence-corrected chi connectivity index (χ4v) is 4.25. The monoisotopic (exact) mass is 368 g/mol. The fraction of sp³-hybridized carbons (Fsp3) is 0.421. The average Bonchev–Trinajstić information content (AvgIpc) is 3.37. The van der Waals surface area contributed by atoms with Gasteiger partial charge in [0.1, 0.15) is 0 Å². The van der Waals surface area contributed by atoms with Crippen LogP contribution in [0.5, 0.6) is 0 Å². The summed E-state index contributed by atoms with van der Waals surface area (Å²) in [5.41, 5.74) is 1.25. The molecule has 4 rings (SSSR count). The summed E-state index contributed by atoms with van der Waals surface area (Å²) in [6, 6.07) is 14.9. The zero-order chi connectivity index (χ0) is 17.8. The Labute approximate surface area is 158 Å². The first-order valence-electron chi connectivity index (χ1n) is 9.15. The molecule has 6 nitrogen and oxygen atoms in total. The van der Waals surface area contributed by atoms with Crippen LogP contribution in [0.2, 0.25) is 0 Å². The third-order valence-electron chi connectivity index (χ3n) is 5.02. The second kappa shape index (κ2) is 8.07. The molecule has 0 bridgehead atoms. The number of nitrogens with zero attached hydrogens (tertiary/aromatic N) is 6. The maximum atomic E-state index is 4.44. The number of likely N-dealkylation sites (N-methyl/N-ethyl adjacent to an activating group) is 1. The number of tetrazole rings is 1. The molecule has 0 unspecified atom stereocenters. The zero-order valence-electron chi connectivity index (χ0n) is 15.0. The third-order valence-corrected chi connectivity index (χ3v) is 5.89. The van der Waals surface area contributed by atoms with Crippen LogP contribution in [0.15, 0.2) is 47.8 Å². The topological polar surface area (TPSA) is 50.1 Å². The number of rotatable bonds is 6. The molecule has 3 aromatic rings. The van der Waals surface area contributed by atoms with Crippen molar-refractivity contribution in [1.29, 1.82) is 0 Å². The maximum Gasteiger partial charge on any atom is 0.173 e. The third kappa shape index (κ3) is 3.70. The number of benzene rings is 1. The summed E-state index contributed by atoms with van der Waals surface area (Å²) in [5, 5.41) is 14.8. The largest absolute Gasteiger partial charge is 0.301 e. The van der Waals surface area contributed by atoms with Gasteiger partial charge in [-0.25, -0.2) is 4.68 Å². The van der Waals surface area contributed by atoms with Crippen molar-refractivity contribution >= 4 is 11.3 Å². The molecule has 7 heteroatoms. The van der Waals surface area contributed by atoms with E-state index in [9.17, 15) is 0 Å². The lowest BCUT2D eigenvalue weighted by molar-refractivity contribution is 0.108. The molecule has 1 aliphatic rings. The van der Waals surface area contributed by atoms with Gasteiger partial charge in [0.2, 0.25) is 0 Å². The summed E-state index contributed by atoms with van der Waals surface area (Å²) in [4.78, 5) is 6.27. The van der Waals surface area contributed by atoms with Crippen LogP contribution in [-0.4, -0.2) is 62.7 Å². The Hall–Kier alpha value is -2.09. The molecule has 1 atom stereocenters. The van der Waals surface area contributed by atoms with Crippen LogP contribution in [-0.2, 0) is 6.54 Å². The normalized spacial score (nSPS) is 17.4. The lowest BCUT2D eigenvalue weighted by Gasteiger charge is -2.38. The van der Waals surface area contributed by atoms with Gasteiger partial charge in [0, 0.05) is 31.1 Å². The molecule has 0 amide bonds. The number of piperazine rings is 1. The molecule has 0 N–H and O–H groups in total. The molecule has 1 fully saturated rings. The van der Waals surface area contributed by atoms with Gasteiger partial charge in [0.25, 0.3) is 0 Å². The molecular formula is C19H24N6S. The van der Waals surface area contributed by atoms with Crippen molar-refractivity contribution in [2.75, 3.05) is 32.7 Å². The molecule has 136 valence electrons. The standard InChI is InChI=1S/C19H24N6S/c1-2-23-10-12-24(13-11-23)18(16-7-4-3-5-8-16)19-20-21-22-25(19)15-17-9-6-14-26-17/h3-9,14,18H,2,10-13,15H2,1H3/t18-/m0/s1. The predicted molar refractivity (Wildman–Crippen MR) is 103 cm³/mol. The minimum atomic E-state index is 0.0881. The summed E-state index contributed by atoms with van der Waals surface area (Å²) in [7, 11) is 0. The predicted octanol–water partition coefficient (Wildman–Crippen LogP) is 2.51. The molecule has 0 aliphatic carbocycles. The molecule has 1 aliphatic heterocycles. The van der Waals surface area contributed by atoms with E-state index in [2.05, 4.69) is 80.1 Å². The van der Waals surface area contributed by atoms with Gasteiger partial charge in [-0.1, -0.05) is 43.3 Å². The highest BCUT2D eigenvalue weighted by Gasteiger charge is 2.30. The number of hydrogen-bond acceptors (Lipinski definition) is 6. The van der Waals surface area contributed by atoms with E-state index in [4.69, 9.17) is 0 Å². The number of hydrogen-bond donors (Lipinski definition) is 0. The van der Waals surface area contributed by atoms with Crippen LogP contribution in [0, 0.1) is 0 Å². The quantitative estimate of drug-likeness (QED) is 0.669. The highest BCUT2D eigenvalue weighted by Crippen LogP contribution is 2.28. The van der Waals surface area contributed by atoms with Gasteiger partial charge in [0.05, 0.1) is 12.6 Å². The summed E-state index contributed by atoms with van der Waals surface area (Å²) in [6.07, 6.45) is 0. The van der Waals surface area contributed by atoms with Crippen LogP contribution in [0.3, 0.4) is 0 Å². The summed E-state index contributed by atoms with van der Waals surface area (Å²) in [5.74, 6) is 0.926. The molecule has 1 saturated heterocycles. The molecule has 0 radical (unpaired) electrons. The highest BCUT2D eigenvalue weighted by molar-refractivity contribution is 7.09. The Kier molecular flexibility index (Phi) is 5.38. The Morgan fingerprint density at radius 3 is 2.54 bits per heavy atom. The Morgan fingerprint density at radius 2 is 1.85 bits per heavy atom. The van der Waals surface area contributed by atoms with E-state index in [1.165, 1.54) is 10.4 Å². The first-order chi connectivity index (χ1) is 12.8. The van der Waals surface area contributed by atoms with Crippen molar-refractivity contribution < 1.29 is 0 Å². The van der Waals surface area contributed by atoms with Crippen molar-refractivity contribution in [3.63, 3.8) is 0 Å². The van der Waals surface area contributed by atoms with E-state index in [0.29, 0.717) is 0 Å². The van der Waals surface area contributed by atoms with Gasteiger partial charge in [0.15, 0.2) is 5.82 Å². The molecule has 0 saturated carbocycles. The first kappa shape index (κ1) is 17.3. The van der Waals surface area contributed by atoms with Gasteiger partial charge in [-0.3, -0.25) is 4.90 Å². The molecule has 0 spiro atoms. The van der Waals surface area contributed by atoms with E-state index in [-0.39, 0.29) is 6.04 Å².